The van der Waals surface area contributed by atoms with Crippen molar-refractivity contribution in [3.8, 4) is 0 Å². The maximum atomic E-state index is 13.6. The van der Waals surface area contributed by atoms with Gasteiger partial charge in [0.25, 0.3) is 0 Å². The summed E-state index contributed by atoms with van der Waals surface area (Å²) in [4.78, 5) is 20.9. The van der Waals surface area contributed by atoms with E-state index in [2.05, 4.69) is 16.8 Å². The summed E-state index contributed by atoms with van der Waals surface area (Å²) >= 11 is 1.81. The number of rotatable bonds is 2. The highest BCUT2D eigenvalue weighted by molar-refractivity contribution is 8.14. The van der Waals surface area contributed by atoms with Crippen molar-refractivity contribution in [2.75, 3.05) is 32.7 Å². The smallest absolute Gasteiger partial charge is 0.227 e. The predicted molar refractivity (Wildman–Crippen MR) is 87.6 cm³/mol. The first-order valence-corrected chi connectivity index (χ1v) is 8.48. The SMILES string of the molecule is C[C@@H]1CN=C(N2CCN(C(=O)Cc3ccccc3F)CC2)S1. The van der Waals surface area contributed by atoms with Gasteiger partial charge in [-0.3, -0.25) is 9.79 Å². The number of hydrogen-bond donors (Lipinski definition) is 0. The van der Waals surface area contributed by atoms with E-state index < -0.39 is 0 Å². The van der Waals surface area contributed by atoms with Crippen molar-refractivity contribution in [1.82, 2.24) is 9.80 Å². The van der Waals surface area contributed by atoms with Crippen molar-refractivity contribution in [1.29, 1.82) is 0 Å². The molecule has 0 radical (unpaired) electrons. The number of nitrogens with zero attached hydrogens (tertiary/aromatic N) is 3. The summed E-state index contributed by atoms with van der Waals surface area (Å²) < 4.78 is 13.6. The quantitative estimate of drug-likeness (QED) is 0.836. The van der Waals surface area contributed by atoms with Crippen LogP contribution < -0.4 is 0 Å². The minimum absolute atomic E-state index is 0.000804. The maximum absolute atomic E-state index is 13.6. The lowest BCUT2D eigenvalue weighted by Gasteiger charge is -2.35. The average molecular weight is 321 g/mol. The third kappa shape index (κ3) is 3.43. The molecule has 0 N–H and O–H groups in total. The third-order valence-electron chi connectivity index (χ3n) is 3.99. The Hall–Kier alpha value is -1.56. The van der Waals surface area contributed by atoms with Gasteiger partial charge in [-0.2, -0.15) is 0 Å². The lowest BCUT2D eigenvalue weighted by Crippen LogP contribution is -2.50. The summed E-state index contributed by atoms with van der Waals surface area (Å²) in [5.74, 6) is -0.306. The van der Waals surface area contributed by atoms with Gasteiger partial charge in [0.1, 0.15) is 5.82 Å². The molecule has 4 nitrogen and oxygen atoms in total. The highest BCUT2D eigenvalue weighted by Gasteiger charge is 2.26. The van der Waals surface area contributed by atoms with Gasteiger partial charge in [0, 0.05) is 31.4 Å². The van der Waals surface area contributed by atoms with Gasteiger partial charge >= 0.3 is 0 Å². The van der Waals surface area contributed by atoms with Crippen LogP contribution in [0.25, 0.3) is 0 Å². The van der Waals surface area contributed by atoms with Crippen molar-refractivity contribution in [3.63, 3.8) is 0 Å². The Morgan fingerprint density at radius 2 is 2.05 bits per heavy atom. The Bertz CT molecular complexity index is 585. The van der Waals surface area contributed by atoms with Gasteiger partial charge in [0.15, 0.2) is 5.17 Å². The van der Waals surface area contributed by atoms with Crippen LogP contribution in [0.15, 0.2) is 29.3 Å². The Labute approximate surface area is 134 Å². The van der Waals surface area contributed by atoms with Crippen LogP contribution in [-0.2, 0) is 11.2 Å². The molecule has 1 aromatic rings. The summed E-state index contributed by atoms with van der Waals surface area (Å²) in [6.45, 7) is 6.04. The minimum atomic E-state index is -0.305. The zero-order chi connectivity index (χ0) is 15.5. The van der Waals surface area contributed by atoms with Crippen LogP contribution >= 0.6 is 11.8 Å². The van der Waals surface area contributed by atoms with Crippen LogP contribution in [-0.4, -0.2) is 58.8 Å². The lowest BCUT2D eigenvalue weighted by molar-refractivity contribution is -0.131. The van der Waals surface area contributed by atoms with Crippen LogP contribution in [0, 0.1) is 5.82 Å². The fourth-order valence-electron chi connectivity index (χ4n) is 2.70. The molecule has 118 valence electrons. The highest BCUT2D eigenvalue weighted by atomic mass is 32.2. The molecule has 0 saturated carbocycles. The molecule has 2 heterocycles. The van der Waals surface area contributed by atoms with Crippen LogP contribution in [0.4, 0.5) is 4.39 Å². The van der Waals surface area contributed by atoms with Crippen LogP contribution in [0.5, 0.6) is 0 Å². The molecule has 0 aromatic heterocycles. The van der Waals surface area contributed by atoms with Crippen LogP contribution in [0.3, 0.4) is 0 Å². The largest absolute Gasteiger partial charge is 0.348 e. The van der Waals surface area contributed by atoms with Gasteiger partial charge in [0.2, 0.25) is 5.91 Å². The highest BCUT2D eigenvalue weighted by Crippen LogP contribution is 2.23. The van der Waals surface area contributed by atoms with E-state index in [0.717, 1.165) is 24.8 Å². The molecule has 0 spiro atoms. The summed E-state index contributed by atoms with van der Waals surface area (Å²) in [5, 5.41) is 1.66. The molecule has 1 amide bonds. The van der Waals surface area contributed by atoms with Crippen molar-refractivity contribution >= 4 is 22.8 Å². The molecule has 0 unspecified atom stereocenters. The van der Waals surface area contributed by atoms with E-state index in [0.29, 0.717) is 23.9 Å². The van der Waals surface area contributed by atoms with E-state index in [9.17, 15) is 9.18 Å². The number of aliphatic imine (C=N–C) groups is 1. The van der Waals surface area contributed by atoms with Gasteiger partial charge in [-0.1, -0.05) is 36.9 Å². The van der Waals surface area contributed by atoms with Crippen molar-refractivity contribution in [2.45, 2.75) is 18.6 Å². The average Bonchev–Trinajstić information content (AvgIpc) is 2.96. The van der Waals surface area contributed by atoms with Crippen LogP contribution in [0.2, 0.25) is 0 Å². The zero-order valence-electron chi connectivity index (χ0n) is 12.7. The van der Waals surface area contributed by atoms with Gasteiger partial charge < -0.3 is 9.80 Å². The molecule has 0 bridgehead atoms. The number of benzene rings is 1. The molecule has 1 fully saturated rings. The Morgan fingerprint density at radius 1 is 1.32 bits per heavy atom. The fourth-order valence-corrected chi connectivity index (χ4v) is 3.69. The number of piperazine rings is 1. The Balaban J connectivity index is 1.53. The van der Waals surface area contributed by atoms with Crippen LogP contribution in [0.1, 0.15) is 12.5 Å². The molecular formula is C16H20FN3OS. The monoisotopic (exact) mass is 321 g/mol. The molecule has 2 aliphatic rings. The summed E-state index contributed by atoms with van der Waals surface area (Å²) in [6, 6.07) is 6.48. The molecule has 1 aromatic carbocycles. The van der Waals surface area contributed by atoms with Gasteiger partial charge in [-0.25, -0.2) is 4.39 Å². The zero-order valence-corrected chi connectivity index (χ0v) is 13.5. The first-order chi connectivity index (χ1) is 10.6. The minimum Gasteiger partial charge on any atom is -0.348 e. The number of amidine groups is 1. The number of carbonyl (C=O) groups excluding carboxylic acids is 1. The standard InChI is InChI=1S/C16H20FN3OS/c1-12-11-18-16(22-12)20-8-6-19(7-9-20)15(21)10-13-4-2-3-5-14(13)17/h2-5,12H,6-11H2,1H3/t12-/m1/s1. The second kappa shape index (κ2) is 6.69. The summed E-state index contributed by atoms with van der Waals surface area (Å²) in [6.07, 6.45) is 0.138. The Kier molecular flexibility index (Phi) is 4.66. The first kappa shape index (κ1) is 15.3. The topological polar surface area (TPSA) is 35.9 Å². The van der Waals surface area contributed by atoms with Gasteiger partial charge in [0.05, 0.1) is 13.0 Å². The van der Waals surface area contributed by atoms with E-state index in [1.807, 2.05) is 16.7 Å². The lowest BCUT2D eigenvalue weighted by atomic mass is 10.1. The predicted octanol–water partition coefficient (Wildman–Crippen LogP) is 2.00. The number of amides is 1. The summed E-state index contributed by atoms with van der Waals surface area (Å²) in [7, 11) is 0. The molecular weight excluding hydrogens is 301 g/mol. The van der Waals surface area contributed by atoms with Crippen molar-refractivity contribution in [2.24, 2.45) is 4.99 Å². The molecule has 2 aliphatic heterocycles. The Morgan fingerprint density at radius 3 is 2.68 bits per heavy atom. The van der Waals surface area contributed by atoms with E-state index in [1.165, 1.54) is 6.07 Å². The molecule has 6 heteroatoms. The summed E-state index contributed by atoms with van der Waals surface area (Å²) in [5.41, 5.74) is 0.472. The van der Waals surface area contributed by atoms with E-state index >= 15 is 0 Å². The molecule has 0 aliphatic carbocycles. The van der Waals surface area contributed by atoms with E-state index in [-0.39, 0.29) is 18.1 Å². The number of thioether (sulfide) groups is 1. The molecule has 1 atom stereocenters. The second-order valence-electron chi connectivity index (χ2n) is 5.69. The number of hydrogen-bond acceptors (Lipinski definition) is 4. The molecule has 3 rings (SSSR count). The van der Waals surface area contributed by atoms with E-state index in [1.54, 1.807) is 18.2 Å². The normalized spacial score (nSPS) is 21.9. The first-order valence-electron chi connectivity index (χ1n) is 7.60. The second-order valence-corrected chi connectivity index (χ2v) is 7.09. The molecule has 22 heavy (non-hydrogen) atoms. The van der Waals surface area contributed by atoms with Crippen molar-refractivity contribution in [3.05, 3.63) is 35.6 Å². The third-order valence-corrected chi connectivity index (χ3v) is 5.14. The number of carbonyl (C=O) groups is 1. The fraction of sp³-hybridized carbons (Fsp3) is 0.500. The van der Waals surface area contributed by atoms with Gasteiger partial charge in [-0.15, -0.1) is 0 Å². The van der Waals surface area contributed by atoms with E-state index in [4.69, 9.17) is 0 Å². The van der Waals surface area contributed by atoms with Gasteiger partial charge in [-0.05, 0) is 11.6 Å². The number of halogens is 1. The molecule has 1 saturated heterocycles. The van der Waals surface area contributed by atoms with Crippen molar-refractivity contribution < 1.29 is 9.18 Å². The maximum Gasteiger partial charge on any atom is 0.227 e.